The van der Waals surface area contributed by atoms with E-state index in [0.717, 1.165) is 22.4 Å². The number of anilines is 1. The van der Waals surface area contributed by atoms with Crippen LogP contribution >= 0.6 is 15.9 Å². The van der Waals surface area contributed by atoms with Crippen molar-refractivity contribution >= 4 is 21.6 Å². The van der Waals surface area contributed by atoms with E-state index in [2.05, 4.69) is 21.0 Å². The highest BCUT2D eigenvalue weighted by Crippen LogP contribution is 2.31. The fourth-order valence-electron chi connectivity index (χ4n) is 1.96. The van der Waals surface area contributed by atoms with Gasteiger partial charge in [0, 0.05) is 18.3 Å². The van der Waals surface area contributed by atoms with E-state index in [1.165, 1.54) is 0 Å². The molecule has 0 aliphatic carbocycles. The van der Waals surface area contributed by atoms with Gasteiger partial charge in [-0.1, -0.05) is 0 Å². The van der Waals surface area contributed by atoms with Gasteiger partial charge in [0.25, 0.3) is 0 Å². The minimum Gasteiger partial charge on any atom is -0.493 e. The molecule has 108 valence electrons. The van der Waals surface area contributed by atoms with Crippen LogP contribution in [0.3, 0.4) is 0 Å². The Morgan fingerprint density at radius 1 is 1.35 bits per heavy atom. The van der Waals surface area contributed by atoms with Crippen molar-refractivity contribution in [1.82, 2.24) is 9.78 Å². The van der Waals surface area contributed by atoms with Gasteiger partial charge in [-0.3, -0.25) is 4.68 Å². The second-order valence-electron chi connectivity index (χ2n) is 4.36. The zero-order valence-corrected chi connectivity index (χ0v) is 13.4. The smallest absolute Gasteiger partial charge is 0.163 e. The first kappa shape index (κ1) is 14.7. The third-order valence-corrected chi connectivity index (χ3v) is 4.04. The minimum atomic E-state index is 0.398. The molecule has 2 aromatic rings. The Hall–Kier alpha value is -1.69. The number of nitrogens with zero attached hydrogens (tertiary/aromatic N) is 2. The van der Waals surface area contributed by atoms with Gasteiger partial charge in [0.15, 0.2) is 11.5 Å². The standard InChI is InChI=1S/C14H18BrN3O2/c1-4-18-11(14(15)9(2)17-18)8-20-13-7-10(16)5-6-12(13)19-3/h5-7H,4,8,16H2,1-3H3. The average Bonchev–Trinajstić information content (AvgIpc) is 2.72. The van der Waals surface area contributed by atoms with Gasteiger partial charge in [-0.15, -0.1) is 0 Å². The lowest BCUT2D eigenvalue weighted by Gasteiger charge is -2.12. The normalized spacial score (nSPS) is 10.6. The number of methoxy groups -OCH3 is 1. The van der Waals surface area contributed by atoms with E-state index < -0.39 is 0 Å². The fraction of sp³-hybridized carbons (Fsp3) is 0.357. The molecular weight excluding hydrogens is 322 g/mol. The lowest BCUT2D eigenvalue weighted by Crippen LogP contribution is -2.07. The molecule has 0 saturated carbocycles. The predicted molar refractivity (Wildman–Crippen MR) is 82.1 cm³/mol. The summed E-state index contributed by atoms with van der Waals surface area (Å²) < 4.78 is 14.0. The summed E-state index contributed by atoms with van der Waals surface area (Å²) in [6.07, 6.45) is 0. The number of aromatic nitrogens is 2. The summed E-state index contributed by atoms with van der Waals surface area (Å²) >= 11 is 3.55. The first-order valence-corrected chi connectivity index (χ1v) is 7.14. The number of benzene rings is 1. The Bertz CT molecular complexity index is 611. The van der Waals surface area contributed by atoms with Crippen molar-refractivity contribution in [3.05, 3.63) is 34.1 Å². The first-order chi connectivity index (χ1) is 9.56. The molecule has 0 fully saturated rings. The summed E-state index contributed by atoms with van der Waals surface area (Å²) in [5, 5.41) is 4.43. The van der Waals surface area contributed by atoms with Gasteiger partial charge >= 0.3 is 0 Å². The van der Waals surface area contributed by atoms with Crippen molar-refractivity contribution in [1.29, 1.82) is 0 Å². The summed E-state index contributed by atoms with van der Waals surface area (Å²) in [5.74, 6) is 1.29. The Labute approximate surface area is 126 Å². The Morgan fingerprint density at radius 3 is 2.75 bits per heavy atom. The van der Waals surface area contributed by atoms with E-state index in [9.17, 15) is 0 Å². The minimum absolute atomic E-state index is 0.398. The van der Waals surface area contributed by atoms with Crippen LogP contribution < -0.4 is 15.2 Å². The predicted octanol–water partition coefficient (Wildman–Crippen LogP) is 3.14. The van der Waals surface area contributed by atoms with E-state index >= 15 is 0 Å². The molecule has 0 atom stereocenters. The molecule has 1 heterocycles. The van der Waals surface area contributed by atoms with Crippen LogP contribution in [0.4, 0.5) is 5.69 Å². The maximum absolute atomic E-state index is 5.84. The van der Waals surface area contributed by atoms with Gasteiger partial charge in [-0.25, -0.2) is 0 Å². The van der Waals surface area contributed by atoms with Crippen LogP contribution in [-0.2, 0) is 13.2 Å². The summed E-state index contributed by atoms with van der Waals surface area (Å²) in [7, 11) is 1.61. The fourth-order valence-corrected chi connectivity index (χ4v) is 2.36. The molecule has 0 saturated heterocycles. The number of ether oxygens (including phenoxy) is 2. The molecule has 2 N–H and O–H groups in total. The molecule has 0 aliphatic heterocycles. The Kier molecular flexibility index (Phi) is 4.54. The van der Waals surface area contributed by atoms with Gasteiger partial charge in [-0.2, -0.15) is 5.10 Å². The molecule has 20 heavy (non-hydrogen) atoms. The quantitative estimate of drug-likeness (QED) is 0.850. The average molecular weight is 340 g/mol. The zero-order chi connectivity index (χ0) is 14.7. The molecule has 0 unspecified atom stereocenters. The topological polar surface area (TPSA) is 62.3 Å². The molecule has 1 aromatic carbocycles. The van der Waals surface area contributed by atoms with Gasteiger partial charge in [0.05, 0.1) is 23.0 Å². The highest BCUT2D eigenvalue weighted by molar-refractivity contribution is 9.10. The first-order valence-electron chi connectivity index (χ1n) is 6.34. The van der Waals surface area contributed by atoms with Crippen molar-refractivity contribution in [2.45, 2.75) is 27.0 Å². The Morgan fingerprint density at radius 2 is 2.10 bits per heavy atom. The second kappa shape index (κ2) is 6.17. The lowest BCUT2D eigenvalue weighted by atomic mass is 10.3. The molecule has 0 radical (unpaired) electrons. The summed E-state index contributed by atoms with van der Waals surface area (Å²) in [5.41, 5.74) is 8.36. The van der Waals surface area contributed by atoms with Gasteiger partial charge < -0.3 is 15.2 Å². The van der Waals surface area contributed by atoms with E-state index in [4.69, 9.17) is 15.2 Å². The molecule has 0 amide bonds. The number of aryl methyl sites for hydroxylation is 2. The van der Waals surface area contributed by atoms with Crippen LogP contribution in [0.25, 0.3) is 0 Å². The van der Waals surface area contributed by atoms with Crippen molar-refractivity contribution in [3.63, 3.8) is 0 Å². The van der Waals surface area contributed by atoms with Crippen molar-refractivity contribution in [3.8, 4) is 11.5 Å². The second-order valence-corrected chi connectivity index (χ2v) is 5.15. The number of rotatable bonds is 5. The monoisotopic (exact) mass is 339 g/mol. The number of hydrogen-bond acceptors (Lipinski definition) is 4. The van der Waals surface area contributed by atoms with Gasteiger partial charge in [0.1, 0.15) is 6.61 Å². The molecule has 5 nitrogen and oxygen atoms in total. The molecule has 2 rings (SSSR count). The number of nitrogen functional groups attached to an aromatic ring is 1. The highest BCUT2D eigenvalue weighted by atomic mass is 79.9. The summed E-state index contributed by atoms with van der Waals surface area (Å²) in [6, 6.07) is 5.33. The molecule has 6 heteroatoms. The van der Waals surface area contributed by atoms with E-state index in [1.807, 2.05) is 18.5 Å². The van der Waals surface area contributed by atoms with E-state index in [-0.39, 0.29) is 0 Å². The number of nitrogens with two attached hydrogens (primary N) is 1. The maximum atomic E-state index is 5.84. The van der Waals surface area contributed by atoms with E-state index in [0.29, 0.717) is 23.8 Å². The van der Waals surface area contributed by atoms with Crippen molar-refractivity contribution in [2.75, 3.05) is 12.8 Å². The van der Waals surface area contributed by atoms with Gasteiger partial charge in [-0.05, 0) is 41.9 Å². The van der Waals surface area contributed by atoms with Crippen molar-refractivity contribution < 1.29 is 9.47 Å². The van der Waals surface area contributed by atoms with Crippen LogP contribution in [0, 0.1) is 6.92 Å². The molecule has 0 bridgehead atoms. The summed E-state index contributed by atoms with van der Waals surface area (Å²) in [4.78, 5) is 0. The molecular formula is C14H18BrN3O2. The van der Waals surface area contributed by atoms with Crippen LogP contribution in [0.2, 0.25) is 0 Å². The summed E-state index contributed by atoms with van der Waals surface area (Å²) in [6.45, 7) is 5.19. The van der Waals surface area contributed by atoms with Crippen LogP contribution in [0.1, 0.15) is 18.3 Å². The van der Waals surface area contributed by atoms with Gasteiger partial charge in [0.2, 0.25) is 0 Å². The van der Waals surface area contributed by atoms with Crippen molar-refractivity contribution in [2.24, 2.45) is 0 Å². The Balaban J connectivity index is 2.23. The number of halogens is 1. The largest absolute Gasteiger partial charge is 0.493 e. The number of hydrogen-bond donors (Lipinski definition) is 1. The van der Waals surface area contributed by atoms with Crippen LogP contribution in [-0.4, -0.2) is 16.9 Å². The molecule has 1 aromatic heterocycles. The zero-order valence-electron chi connectivity index (χ0n) is 11.8. The lowest BCUT2D eigenvalue weighted by molar-refractivity contribution is 0.273. The SMILES string of the molecule is CCn1nc(C)c(Br)c1COc1cc(N)ccc1OC. The maximum Gasteiger partial charge on any atom is 0.163 e. The third-order valence-electron chi connectivity index (χ3n) is 3.00. The molecule has 0 aliphatic rings. The van der Waals surface area contributed by atoms with E-state index in [1.54, 1.807) is 25.3 Å². The molecule has 0 spiro atoms. The van der Waals surface area contributed by atoms with Crippen LogP contribution in [0.15, 0.2) is 22.7 Å². The van der Waals surface area contributed by atoms with Crippen LogP contribution in [0.5, 0.6) is 11.5 Å². The highest BCUT2D eigenvalue weighted by Gasteiger charge is 2.14. The third kappa shape index (κ3) is 2.90.